The number of aryl methyl sites for hydroxylation is 1. The first-order valence-electron chi connectivity index (χ1n) is 11.4. The van der Waals surface area contributed by atoms with Crippen molar-refractivity contribution in [2.45, 2.75) is 20.3 Å². The van der Waals surface area contributed by atoms with Crippen LogP contribution in [0.15, 0.2) is 69.9 Å². The molecule has 0 radical (unpaired) electrons. The van der Waals surface area contributed by atoms with E-state index in [0.717, 1.165) is 46.8 Å². The number of fused-ring (bicyclic) bond motifs is 1. The van der Waals surface area contributed by atoms with Crippen molar-refractivity contribution in [3.63, 3.8) is 0 Å². The van der Waals surface area contributed by atoms with Crippen molar-refractivity contribution < 1.29 is 9.53 Å². The van der Waals surface area contributed by atoms with Crippen LogP contribution in [0.3, 0.4) is 0 Å². The van der Waals surface area contributed by atoms with Crippen molar-refractivity contribution >= 4 is 56.7 Å². The average molecular weight is 520 g/mol. The summed E-state index contributed by atoms with van der Waals surface area (Å²) in [5, 5.41) is 12.1. The van der Waals surface area contributed by atoms with Crippen molar-refractivity contribution in [1.82, 2.24) is 9.66 Å². The molecule has 0 amide bonds. The lowest BCUT2D eigenvalue weighted by Gasteiger charge is -2.13. The van der Waals surface area contributed by atoms with Gasteiger partial charge in [0.25, 0.3) is 5.56 Å². The highest BCUT2D eigenvalue weighted by Gasteiger charge is 2.20. The van der Waals surface area contributed by atoms with Crippen LogP contribution in [-0.4, -0.2) is 40.7 Å². The molecule has 0 atom stereocenters. The maximum atomic E-state index is 13.0. The summed E-state index contributed by atoms with van der Waals surface area (Å²) < 4.78 is 6.26. The van der Waals surface area contributed by atoms with Gasteiger partial charge in [-0.3, -0.25) is 9.80 Å². The highest BCUT2D eigenvalue weighted by Crippen LogP contribution is 2.27. The van der Waals surface area contributed by atoms with Gasteiger partial charge in [-0.25, -0.2) is 9.78 Å². The molecule has 1 aliphatic heterocycles. The Bertz CT molecular complexity index is 1560. The lowest BCUT2D eigenvalue weighted by molar-refractivity contribution is 0.0531. The number of aromatic nitrogens is 2. The largest absolute Gasteiger partial charge is 0.462 e. The molecular formula is C26H22ClN5O3S. The maximum absolute atomic E-state index is 13.0. The molecule has 0 aliphatic carbocycles. The van der Waals surface area contributed by atoms with Crippen molar-refractivity contribution in [2.24, 2.45) is 10.2 Å². The lowest BCUT2D eigenvalue weighted by Crippen LogP contribution is -2.17. The number of hydrazone groups is 1. The quantitative estimate of drug-likeness (QED) is 0.261. The Morgan fingerprint density at radius 2 is 1.94 bits per heavy atom. The molecule has 3 heterocycles. The number of hydrogen-bond acceptors (Lipinski definition) is 8. The van der Waals surface area contributed by atoms with E-state index in [1.54, 1.807) is 20.1 Å². The number of esters is 1. The number of benzene rings is 2. The molecule has 36 heavy (non-hydrogen) atoms. The van der Waals surface area contributed by atoms with Crippen LogP contribution in [0.25, 0.3) is 10.2 Å². The monoisotopic (exact) mass is 519 g/mol. The summed E-state index contributed by atoms with van der Waals surface area (Å²) in [6, 6.07) is 15.5. The summed E-state index contributed by atoms with van der Waals surface area (Å²) in [5.41, 5.74) is 4.10. The second kappa shape index (κ2) is 10.0. The maximum Gasteiger partial charge on any atom is 0.348 e. The van der Waals surface area contributed by atoms with Crippen molar-refractivity contribution in [3.05, 3.63) is 91.8 Å². The van der Waals surface area contributed by atoms with Crippen LogP contribution in [0, 0.1) is 6.92 Å². The van der Waals surface area contributed by atoms with Gasteiger partial charge in [-0.15, -0.1) is 11.3 Å². The molecule has 0 saturated heterocycles. The fraction of sp³-hybridized carbons (Fsp3) is 0.192. The van der Waals surface area contributed by atoms with Gasteiger partial charge in [0.1, 0.15) is 16.0 Å². The van der Waals surface area contributed by atoms with E-state index in [2.05, 4.69) is 10.1 Å². The zero-order valence-corrected chi connectivity index (χ0v) is 21.2. The van der Waals surface area contributed by atoms with Crippen molar-refractivity contribution in [2.75, 3.05) is 18.2 Å². The van der Waals surface area contributed by atoms with E-state index in [0.29, 0.717) is 25.7 Å². The predicted molar refractivity (Wildman–Crippen MR) is 144 cm³/mol. The number of nitrogens with zero attached hydrogens (tertiary/aromatic N) is 5. The molecule has 0 N–H and O–H groups in total. The Balaban J connectivity index is 1.34. The molecule has 1 aliphatic rings. The molecule has 4 aromatic rings. The van der Waals surface area contributed by atoms with Gasteiger partial charge in [0, 0.05) is 18.0 Å². The first-order chi connectivity index (χ1) is 17.4. The van der Waals surface area contributed by atoms with Crippen LogP contribution < -0.4 is 10.6 Å². The number of carbonyl (C=O) groups is 1. The number of anilines is 1. The van der Waals surface area contributed by atoms with Gasteiger partial charge in [0.15, 0.2) is 0 Å². The fourth-order valence-electron chi connectivity index (χ4n) is 3.94. The van der Waals surface area contributed by atoms with E-state index in [4.69, 9.17) is 21.4 Å². The smallest absolute Gasteiger partial charge is 0.348 e. The molecule has 0 unspecified atom stereocenters. The highest BCUT2D eigenvalue weighted by atomic mass is 35.5. The highest BCUT2D eigenvalue weighted by molar-refractivity contribution is 7.20. The Morgan fingerprint density at radius 3 is 2.67 bits per heavy atom. The number of hydrogen-bond donors (Lipinski definition) is 0. The minimum Gasteiger partial charge on any atom is -0.462 e. The van der Waals surface area contributed by atoms with Crippen LogP contribution in [0.5, 0.6) is 0 Å². The third kappa shape index (κ3) is 4.67. The summed E-state index contributed by atoms with van der Waals surface area (Å²) in [6.45, 7) is 4.52. The molecule has 182 valence electrons. The number of ether oxygens (including phenoxy) is 1. The number of carbonyl (C=O) groups excluding carboxylic acids is 1. The van der Waals surface area contributed by atoms with Gasteiger partial charge in [0.05, 0.1) is 29.6 Å². The van der Waals surface area contributed by atoms with Crippen LogP contribution in [0.2, 0.25) is 5.02 Å². The summed E-state index contributed by atoms with van der Waals surface area (Å²) >= 11 is 7.14. The molecule has 2 aromatic heterocycles. The van der Waals surface area contributed by atoms with Crippen molar-refractivity contribution in [3.8, 4) is 0 Å². The van der Waals surface area contributed by atoms with Crippen LogP contribution in [-0.2, 0) is 4.74 Å². The number of halogens is 1. The molecule has 5 rings (SSSR count). The van der Waals surface area contributed by atoms with E-state index >= 15 is 0 Å². The molecule has 8 nitrogen and oxygen atoms in total. The normalized spacial score (nSPS) is 13.5. The van der Waals surface area contributed by atoms with Gasteiger partial charge in [-0.05, 0) is 54.8 Å². The van der Waals surface area contributed by atoms with Gasteiger partial charge >= 0.3 is 5.97 Å². The summed E-state index contributed by atoms with van der Waals surface area (Å²) in [4.78, 5) is 30.4. The Morgan fingerprint density at radius 1 is 1.19 bits per heavy atom. The van der Waals surface area contributed by atoms with E-state index in [1.165, 1.54) is 11.0 Å². The van der Waals surface area contributed by atoms with Crippen LogP contribution >= 0.6 is 22.9 Å². The minimum atomic E-state index is -0.449. The topological polar surface area (TPSA) is 89.2 Å². The first kappa shape index (κ1) is 23.9. The van der Waals surface area contributed by atoms with Crippen molar-refractivity contribution in [1.29, 1.82) is 0 Å². The zero-order chi connectivity index (χ0) is 25.2. The summed E-state index contributed by atoms with van der Waals surface area (Å²) in [6.07, 6.45) is 3.81. The average Bonchev–Trinajstić information content (AvgIpc) is 3.50. The predicted octanol–water partition coefficient (Wildman–Crippen LogP) is 5.09. The molecule has 0 saturated carbocycles. The van der Waals surface area contributed by atoms with E-state index in [1.807, 2.05) is 53.5 Å². The zero-order valence-electron chi connectivity index (χ0n) is 19.6. The third-order valence-corrected chi connectivity index (χ3v) is 7.23. The van der Waals surface area contributed by atoms with E-state index in [9.17, 15) is 9.59 Å². The molecule has 0 bridgehead atoms. The fourth-order valence-corrected chi connectivity index (χ4v) is 5.10. The van der Waals surface area contributed by atoms with Gasteiger partial charge in [0.2, 0.25) is 0 Å². The summed E-state index contributed by atoms with van der Waals surface area (Å²) in [5.74, 6) is -0.449. The van der Waals surface area contributed by atoms with E-state index < -0.39 is 5.97 Å². The lowest BCUT2D eigenvalue weighted by atomic mass is 10.1. The molecular weight excluding hydrogens is 498 g/mol. The second-order valence-corrected chi connectivity index (χ2v) is 9.55. The van der Waals surface area contributed by atoms with Gasteiger partial charge in [-0.2, -0.15) is 14.9 Å². The SMILES string of the molecule is CCOC(=O)c1sc2ncn(/N=C\c3ccc(N4CCC(c5ccc(Cl)cc5)=N4)cc3)c(=O)c2c1C. The standard InChI is InChI=1S/C26H22ClN5O3S/c1-3-35-26(34)23-16(2)22-24(36-23)28-15-32(25(22)33)29-14-17-4-10-20(11-5-17)31-13-12-21(30-31)18-6-8-19(27)9-7-18/h4-11,14-15H,3,12-13H2,1-2H3/b29-14-. The Hall–Kier alpha value is -3.82. The van der Waals surface area contributed by atoms with Crippen LogP contribution in [0.4, 0.5) is 5.69 Å². The van der Waals surface area contributed by atoms with Crippen LogP contribution in [0.1, 0.15) is 39.7 Å². The molecule has 0 spiro atoms. The van der Waals surface area contributed by atoms with Gasteiger partial charge in [-0.1, -0.05) is 35.9 Å². The molecule has 0 fully saturated rings. The Kier molecular flexibility index (Phi) is 6.67. The second-order valence-electron chi connectivity index (χ2n) is 8.11. The van der Waals surface area contributed by atoms with E-state index in [-0.39, 0.29) is 12.2 Å². The van der Waals surface area contributed by atoms with Gasteiger partial charge < -0.3 is 4.74 Å². The molecule has 2 aromatic carbocycles. The first-order valence-corrected chi connectivity index (χ1v) is 12.6. The Labute approximate surface area is 216 Å². The third-order valence-electron chi connectivity index (χ3n) is 5.80. The summed E-state index contributed by atoms with van der Waals surface area (Å²) in [7, 11) is 0. The molecule has 10 heteroatoms. The number of rotatable bonds is 6. The number of thiophene rings is 1. The minimum absolute atomic E-state index is 0.265.